The van der Waals surface area contributed by atoms with Crippen molar-refractivity contribution in [3.63, 3.8) is 0 Å². The van der Waals surface area contributed by atoms with E-state index in [-0.39, 0.29) is 35.7 Å². The van der Waals surface area contributed by atoms with E-state index in [1.807, 2.05) is 42.5 Å². The molecule has 0 heterocycles. The molecule has 1 atom stereocenters. The largest absolute Gasteiger partial charge is 1.00 e. The molecule has 0 aromatic heterocycles. The van der Waals surface area contributed by atoms with Gasteiger partial charge in [-0.25, -0.2) is 0 Å². The van der Waals surface area contributed by atoms with Gasteiger partial charge < -0.3 is 14.4 Å². The molecule has 0 saturated heterocycles. The van der Waals surface area contributed by atoms with Crippen molar-refractivity contribution < 1.29 is 43.9 Å². The fourth-order valence-corrected chi connectivity index (χ4v) is 2.48. The molecule has 1 unspecified atom stereocenters. The molecule has 0 amide bonds. The van der Waals surface area contributed by atoms with E-state index >= 15 is 0 Å². The summed E-state index contributed by atoms with van der Waals surface area (Å²) < 4.78 is 11.0. The van der Waals surface area contributed by atoms with Gasteiger partial charge in [0.15, 0.2) is 0 Å². The molecule has 2 rings (SSSR count). The first-order chi connectivity index (χ1) is 8.06. The van der Waals surface area contributed by atoms with Crippen molar-refractivity contribution in [1.82, 2.24) is 0 Å². The summed E-state index contributed by atoms with van der Waals surface area (Å²) >= 11 is 0. The first-order valence-corrected chi connectivity index (χ1v) is 6.99. The summed E-state index contributed by atoms with van der Waals surface area (Å²) in [4.78, 5) is 19.9. The van der Waals surface area contributed by atoms with E-state index < -0.39 is 7.60 Å². The fourth-order valence-electron chi connectivity index (χ4n) is 1.77. The first kappa shape index (κ1) is 15.6. The van der Waals surface area contributed by atoms with Crippen LogP contribution in [0.4, 0.5) is 0 Å². The standard InChI is InChI=1S/C13H13O3P.Na/c14-17(15,16)10-12-8-4-5-9-13(12)11-6-2-1-3-7-11;/h1-9H,10H2,(H2,14,15,16);/q;+1/p-1. The van der Waals surface area contributed by atoms with Crippen LogP contribution in [0.25, 0.3) is 11.1 Å². The van der Waals surface area contributed by atoms with Crippen molar-refractivity contribution >= 4 is 7.60 Å². The molecule has 0 radical (unpaired) electrons. The average molecular weight is 270 g/mol. The quantitative estimate of drug-likeness (QED) is 0.598. The zero-order valence-electron chi connectivity index (χ0n) is 10.1. The van der Waals surface area contributed by atoms with Crippen molar-refractivity contribution in [3.8, 4) is 11.1 Å². The van der Waals surface area contributed by atoms with E-state index in [0.29, 0.717) is 5.56 Å². The van der Waals surface area contributed by atoms with Crippen LogP contribution >= 0.6 is 7.60 Å². The van der Waals surface area contributed by atoms with E-state index in [1.165, 1.54) is 0 Å². The predicted molar refractivity (Wildman–Crippen MR) is 65.4 cm³/mol. The zero-order chi connectivity index (χ0) is 12.3. The van der Waals surface area contributed by atoms with Crippen LogP contribution in [0.5, 0.6) is 0 Å². The monoisotopic (exact) mass is 270 g/mol. The molecule has 18 heavy (non-hydrogen) atoms. The average Bonchev–Trinajstić information content (AvgIpc) is 2.29. The van der Waals surface area contributed by atoms with Gasteiger partial charge in [-0.1, -0.05) is 54.6 Å². The zero-order valence-corrected chi connectivity index (χ0v) is 13.0. The van der Waals surface area contributed by atoms with Crippen LogP contribution in [0.1, 0.15) is 5.56 Å². The van der Waals surface area contributed by atoms with Crippen molar-refractivity contribution in [2.75, 3.05) is 0 Å². The SMILES string of the molecule is O=P([O-])(O)Cc1ccccc1-c1ccccc1.[Na+]. The van der Waals surface area contributed by atoms with E-state index in [0.717, 1.165) is 11.1 Å². The Kier molecular flexibility index (Phi) is 5.80. The summed E-state index contributed by atoms with van der Waals surface area (Å²) in [5.74, 6) is 0. The van der Waals surface area contributed by atoms with Crippen LogP contribution in [0.2, 0.25) is 0 Å². The normalized spacial score (nSPS) is 13.4. The third-order valence-electron chi connectivity index (χ3n) is 2.47. The van der Waals surface area contributed by atoms with Crippen LogP contribution in [0, 0.1) is 0 Å². The number of benzene rings is 2. The summed E-state index contributed by atoms with van der Waals surface area (Å²) in [6.45, 7) is 0. The molecule has 0 aliphatic rings. The molecule has 0 spiro atoms. The van der Waals surface area contributed by atoms with E-state index in [9.17, 15) is 9.46 Å². The van der Waals surface area contributed by atoms with Crippen LogP contribution in [-0.4, -0.2) is 4.89 Å². The molecule has 0 saturated carbocycles. The van der Waals surface area contributed by atoms with Gasteiger partial charge >= 0.3 is 29.6 Å². The Labute approximate surface area is 128 Å². The van der Waals surface area contributed by atoms with Crippen molar-refractivity contribution in [1.29, 1.82) is 0 Å². The van der Waals surface area contributed by atoms with Crippen molar-refractivity contribution in [2.24, 2.45) is 0 Å². The third kappa shape index (κ3) is 4.36. The minimum absolute atomic E-state index is 0. The minimum Gasteiger partial charge on any atom is -0.778 e. The summed E-state index contributed by atoms with van der Waals surface area (Å²) in [6, 6.07) is 16.7. The summed E-state index contributed by atoms with van der Waals surface area (Å²) in [7, 11) is -4.28. The molecule has 1 N–H and O–H groups in total. The van der Waals surface area contributed by atoms with Gasteiger partial charge in [-0.05, 0) is 16.7 Å². The maximum Gasteiger partial charge on any atom is 1.00 e. The molecule has 88 valence electrons. The maximum absolute atomic E-state index is 11.0. The molecule has 0 aliphatic heterocycles. The van der Waals surface area contributed by atoms with Gasteiger partial charge in [0.2, 0.25) is 0 Å². The van der Waals surface area contributed by atoms with Crippen molar-refractivity contribution in [2.45, 2.75) is 6.16 Å². The molecule has 2 aromatic carbocycles. The first-order valence-electron chi connectivity index (χ1n) is 5.22. The molecular weight excluding hydrogens is 258 g/mol. The topological polar surface area (TPSA) is 60.4 Å². The number of hydrogen-bond acceptors (Lipinski definition) is 2. The third-order valence-corrected chi connectivity index (χ3v) is 3.21. The summed E-state index contributed by atoms with van der Waals surface area (Å²) in [5, 5.41) is 0. The molecule has 0 fully saturated rings. The Morgan fingerprint density at radius 3 is 2.17 bits per heavy atom. The Hall–Kier alpha value is -0.410. The maximum atomic E-state index is 11.0. The summed E-state index contributed by atoms with van der Waals surface area (Å²) in [6.07, 6.45) is -0.335. The van der Waals surface area contributed by atoms with Gasteiger partial charge in [0.1, 0.15) is 7.60 Å². The smallest absolute Gasteiger partial charge is 0.778 e. The van der Waals surface area contributed by atoms with Crippen LogP contribution in [-0.2, 0) is 10.7 Å². The van der Waals surface area contributed by atoms with E-state index in [2.05, 4.69) is 0 Å². The van der Waals surface area contributed by atoms with Crippen molar-refractivity contribution in [3.05, 3.63) is 60.2 Å². The second-order valence-corrected chi connectivity index (χ2v) is 5.41. The molecule has 5 heteroatoms. The van der Waals surface area contributed by atoms with Gasteiger partial charge in [0.05, 0.1) is 0 Å². The van der Waals surface area contributed by atoms with Gasteiger partial charge in [-0.3, -0.25) is 0 Å². The Morgan fingerprint density at radius 1 is 1.00 bits per heavy atom. The van der Waals surface area contributed by atoms with Crippen LogP contribution in [0.15, 0.2) is 54.6 Å². The molecule has 2 aromatic rings. The Balaban J connectivity index is 0.00000162. The fraction of sp³-hybridized carbons (Fsp3) is 0.0769. The molecule has 0 bridgehead atoms. The Morgan fingerprint density at radius 2 is 1.56 bits per heavy atom. The van der Waals surface area contributed by atoms with Crippen LogP contribution in [0.3, 0.4) is 0 Å². The second kappa shape index (κ2) is 6.67. The van der Waals surface area contributed by atoms with Gasteiger partial charge in [0.25, 0.3) is 0 Å². The number of rotatable bonds is 3. The number of hydrogen-bond donors (Lipinski definition) is 1. The van der Waals surface area contributed by atoms with E-state index in [1.54, 1.807) is 12.1 Å². The Bertz CT molecular complexity index is 551. The minimum atomic E-state index is -4.28. The predicted octanol–water partition coefficient (Wildman–Crippen LogP) is -0.597. The summed E-state index contributed by atoms with van der Waals surface area (Å²) in [5.41, 5.74) is 2.38. The second-order valence-electron chi connectivity index (χ2n) is 3.82. The molecule has 0 aliphatic carbocycles. The van der Waals surface area contributed by atoms with Crippen LogP contribution < -0.4 is 34.5 Å². The van der Waals surface area contributed by atoms with Gasteiger partial charge in [-0.2, -0.15) is 0 Å². The van der Waals surface area contributed by atoms with Gasteiger partial charge in [-0.15, -0.1) is 0 Å². The molecule has 3 nitrogen and oxygen atoms in total. The molecular formula is C13H12NaO3P. The van der Waals surface area contributed by atoms with E-state index in [4.69, 9.17) is 4.89 Å². The van der Waals surface area contributed by atoms with Gasteiger partial charge in [0, 0.05) is 6.16 Å².